The van der Waals surface area contributed by atoms with Crippen LogP contribution in [0.3, 0.4) is 0 Å². The largest absolute Gasteiger partial charge is 0.331 e. The van der Waals surface area contributed by atoms with Crippen molar-refractivity contribution in [2.24, 2.45) is 5.92 Å². The highest BCUT2D eigenvalue weighted by molar-refractivity contribution is 5.88. The highest BCUT2D eigenvalue weighted by Crippen LogP contribution is 2.39. The molecule has 0 aromatic carbocycles. The molecule has 1 fully saturated rings. The minimum atomic E-state index is -0.280. The summed E-state index contributed by atoms with van der Waals surface area (Å²) in [5.41, 5.74) is 0.515. The molecular weight excluding hydrogens is 306 g/mol. The van der Waals surface area contributed by atoms with Gasteiger partial charge in [0.15, 0.2) is 0 Å². The maximum atomic E-state index is 12.1. The van der Waals surface area contributed by atoms with Crippen LogP contribution in [-0.4, -0.2) is 30.6 Å². The molecule has 2 aromatic rings. The van der Waals surface area contributed by atoms with Crippen LogP contribution < -0.4 is 10.6 Å². The van der Waals surface area contributed by atoms with Gasteiger partial charge in [0.1, 0.15) is 12.2 Å². The van der Waals surface area contributed by atoms with E-state index in [1.807, 2.05) is 36.3 Å². The highest BCUT2D eigenvalue weighted by Gasteiger charge is 2.29. The van der Waals surface area contributed by atoms with E-state index in [1.165, 1.54) is 19.2 Å². The van der Waals surface area contributed by atoms with Crippen molar-refractivity contribution in [3.63, 3.8) is 0 Å². The van der Waals surface area contributed by atoms with Crippen LogP contribution in [-0.2, 0) is 12.1 Å². The van der Waals surface area contributed by atoms with E-state index in [9.17, 15) is 4.79 Å². The molecule has 24 heavy (non-hydrogen) atoms. The number of amides is 2. The summed E-state index contributed by atoms with van der Waals surface area (Å²) in [6.07, 6.45) is 7.58. The summed E-state index contributed by atoms with van der Waals surface area (Å²) in [7, 11) is 0. The number of rotatable bonds is 5. The smallest absolute Gasteiger partial charge is 0.319 e. The van der Waals surface area contributed by atoms with Gasteiger partial charge in [-0.05, 0) is 46.5 Å². The Hall–Kier alpha value is -2.38. The second-order valence-electron chi connectivity index (χ2n) is 7.35. The number of hydrogen-bond acceptors (Lipinski definition) is 4. The molecule has 2 aromatic heterocycles. The predicted molar refractivity (Wildman–Crippen MR) is 90.5 cm³/mol. The Bertz CT molecular complexity index is 708. The van der Waals surface area contributed by atoms with Crippen LogP contribution in [0.25, 0.3) is 0 Å². The number of aromatic nitrogens is 5. The Balaban J connectivity index is 1.54. The molecule has 2 amide bonds. The Morgan fingerprint density at radius 1 is 1.38 bits per heavy atom. The molecular formula is C16H25N7O. The lowest BCUT2D eigenvalue weighted by molar-refractivity contribution is 0.250. The van der Waals surface area contributed by atoms with Gasteiger partial charge in [-0.1, -0.05) is 0 Å². The predicted octanol–water partition coefficient (Wildman–Crippen LogP) is 2.52. The van der Waals surface area contributed by atoms with Crippen molar-refractivity contribution in [3.05, 3.63) is 24.5 Å². The van der Waals surface area contributed by atoms with Crippen LogP contribution in [0.15, 0.2) is 18.7 Å². The SMILES string of the molecule is C[C@H](C1CC1)n1cc(NC(=O)NCc2ncnn2C(C)(C)C)cn1. The van der Waals surface area contributed by atoms with Crippen LogP contribution in [0.5, 0.6) is 0 Å². The average molecular weight is 331 g/mol. The fourth-order valence-corrected chi connectivity index (χ4v) is 2.70. The van der Waals surface area contributed by atoms with Gasteiger partial charge in [-0.3, -0.25) is 4.68 Å². The van der Waals surface area contributed by atoms with Crippen molar-refractivity contribution in [2.75, 3.05) is 5.32 Å². The third-order valence-electron chi connectivity index (χ3n) is 4.24. The first-order valence-electron chi connectivity index (χ1n) is 8.33. The van der Waals surface area contributed by atoms with E-state index >= 15 is 0 Å². The Kier molecular flexibility index (Phi) is 4.29. The van der Waals surface area contributed by atoms with Gasteiger partial charge in [-0.25, -0.2) is 14.5 Å². The molecule has 0 radical (unpaired) electrons. The number of nitrogens with zero attached hydrogens (tertiary/aromatic N) is 5. The molecule has 0 aliphatic heterocycles. The Morgan fingerprint density at radius 2 is 2.12 bits per heavy atom. The molecule has 2 N–H and O–H groups in total. The summed E-state index contributed by atoms with van der Waals surface area (Å²) in [6, 6.07) is 0.103. The molecule has 8 nitrogen and oxygen atoms in total. The maximum Gasteiger partial charge on any atom is 0.319 e. The average Bonchev–Trinajstić information content (AvgIpc) is 3.06. The summed E-state index contributed by atoms with van der Waals surface area (Å²) < 4.78 is 3.73. The number of anilines is 1. The lowest BCUT2D eigenvalue weighted by atomic mass is 10.1. The quantitative estimate of drug-likeness (QED) is 0.881. The second kappa shape index (κ2) is 6.26. The summed E-state index contributed by atoms with van der Waals surface area (Å²) in [5.74, 6) is 1.44. The first-order valence-corrected chi connectivity index (χ1v) is 8.33. The van der Waals surface area contributed by atoms with Gasteiger partial charge < -0.3 is 10.6 Å². The van der Waals surface area contributed by atoms with Gasteiger partial charge in [0, 0.05) is 6.20 Å². The zero-order valence-corrected chi connectivity index (χ0v) is 14.7. The van der Waals surface area contributed by atoms with Gasteiger partial charge >= 0.3 is 6.03 Å². The van der Waals surface area contributed by atoms with Crippen molar-refractivity contribution in [1.29, 1.82) is 0 Å². The van der Waals surface area contributed by atoms with Gasteiger partial charge in [-0.2, -0.15) is 10.2 Å². The first-order chi connectivity index (χ1) is 11.3. The molecule has 130 valence electrons. The zero-order valence-electron chi connectivity index (χ0n) is 14.7. The van der Waals surface area contributed by atoms with Crippen LogP contribution in [0, 0.1) is 5.92 Å². The third kappa shape index (κ3) is 3.74. The summed E-state index contributed by atoms with van der Waals surface area (Å²) >= 11 is 0. The monoisotopic (exact) mass is 331 g/mol. The molecule has 2 heterocycles. The number of urea groups is 1. The van der Waals surface area contributed by atoms with Gasteiger partial charge in [0.2, 0.25) is 0 Å². The van der Waals surface area contributed by atoms with E-state index in [0.29, 0.717) is 18.3 Å². The molecule has 0 spiro atoms. The van der Waals surface area contributed by atoms with Crippen molar-refractivity contribution in [2.45, 2.75) is 58.7 Å². The number of carbonyl (C=O) groups excluding carboxylic acids is 1. The highest BCUT2D eigenvalue weighted by atomic mass is 16.2. The molecule has 0 saturated heterocycles. The van der Waals surface area contributed by atoms with E-state index in [-0.39, 0.29) is 11.6 Å². The lowest BCUT2D eigenvalue weighted by Crippen LogP contribution is -2.32. The molecule has 1 saturated carbocycles. The van der Waals surface area contributed by atoms with E-state index in [2.05, 4.69) is 32.7 Å². The van der Waals surface area contributed by atoms with E-state index in [4.69, 9.17) is 0 Å². The van der Waals surface area contributed by atoms with Crippen molar-refractivity contribution >= 4 is 11.7 Å². The van der Waals surface area contributed by atoms with Crippen molar-refractivity contribution in [1.82, 2.24) is 29.9 Å². The normalized spacial score (nSPS) is 16.0. The summed E-state index contributed by atoms with van der Waals surface area (Å²) in [6.45, 7) is 8.60. The van der Waals surface area contributed by atoms with E-state index in [1.54, 1.807) is 6.20 Å². The first kappa shape index (κ1) is 16.5. The molecule has 1 aliphatic carbocycles. The van der Waals surface area contributed by atoms with Crippen LogP contribution in [0.2, 0.25) is 0 Å². The van der Waals surface area contributed by atoms with E-state index < -0.39 is 0 Å². The molecule has 3 rings (SSSR count). The van der Waals surface area contributed by atoms with E-state index in [0.717, 1.165) is 11.7 Å². The minimum Gasteiger partial charge on any atom is -0.331 e. The molecule has 8 heteroatoms. The molecule has 0 unspecified atom stereocenters. The van der Waals surface area contributed by atoms with Gasteiger partial charge in [0.05, 0.1) is 30.0 Å². The van der Waals surface area contributed by atoms with Crippen LogP contribution in [0.1, 0.15) is 52.4 Å². The Labute approximate surface area is 141 Å². The zero-order chi connectivity index (χ0) is 17.3. The third-order valence-corrected chi connectivity index (χ3v) is 4.24. The maximum absolute atomic E-state index is 12.1. The fraction of sp³-hybridized carbons (Fsp3) is 0.625. The van der Waals surface area contributed by atoms with Gasteiger partial charge in [0.25, 0.3) is 0 Å². The van der Waals surface area contributed by atoms with Crippen molar-refractivity contribution < 1.29 is 4.79 Å². The number of hydrogen-bond donors (Lipinski definition) is 2. The lowest BCUT2D eigenvalue weighted by Gasteiger charge is -2.21. The number of carbonyl (C=O) groups is 1. The molecule has 1 atom stereocenters. The second-order valence-corrected chi connectivity index (χ2v) is 7.35. The fourth-order valence-electron chi connectivity index (χ4n) is 2.70. The molecule has 0 bridgehead atoms. The van der Waals surface area contributed by atoms with Gasteiger partial charge in [-0.15, -0.1) is 0 Å². The minimum absolute atomic E-state index is 0.177. The van der Waals surface area contributed by atoms with Crippen molar-refractivity contribution in [3.8, 4) is 0 Å². The summed E-state index contributed by atoms with van der Waals surface area (Å²) in [5, 5.41) is 14.2. The van der Waals surface area contributed by atoms with Crippen LogP contribution >= 0.6 is 0 Å². The number of nitrogens with one attached hydrogen (secondary N) is 2. The standard InChI is InChI=1S/C16H25N7O/c1-11(12-5-6-12)22-9-13(7-19-22)21-15(24)17-8-14-18-10-20-23(14)16(2,3)4/h7,9-12H,5-6,8H2,1-4H3,(H2,17,21,24)/t11-/m1/s1. The van der Waals surface area contributed by atoms with Crippen LogP contribution in [0.4, 0.5) is 10.5 Å². The summed E-state index contributed by atoms with van der Waals surface area (Å²) in [4.78, 5) is 16.3. The topological polar surface area (TPSA) is 89.7 Å². The molecule has 1 aliphatic rings. The Morgan fingerprint density at radius 3 is 2.79 bits per heavy atom.